The highest BCUT2D eigenvalue weighted by Gasteiger charge is 2.53. The summed E-state index contributed by atoms with van der Waals surface area (Å²) in [7, 11) is 0. The summed E-state index contributed by atoms with van der Waals surface area (Å²) in [5.41, 5.74) is 2.21. The number of benzene rings is 1. The van der Waals surface area contributed by atoms with Crippen LogP contribution in [0.1, 0.15) is 38.2 Å². The van der Waals surface area contributed by atoms with Gasteiger partial charge in [-0.05, 0) is 44.0 Å². The Morgan fingerprint density at radius 1 is 1.27 bits per heavy atom. The van der Waals surface area contributed by atoms with Crippen LogP contribution in [0.15, 0.2) is 30.5 Å². The molecule has 0 bridgehead atoms. The third-order valence-corrected chi connectivity index (χ3v) is 5.79. The highest BCUT2D eigenvalue weighted by Crippen LogP contribution is 2.39. The predicted molar refractivity (Wildman–Crippen MR) is 106 cm³/mol. The number of aromatic amines is 1. The molecule has 6 heteroatoms. The van der Waals surface area contributed by atoms with E-state index < -0.39 is 0 Å². The van der Waals surface area contributed by atoms with Gasteiger partial charge in [0.15, 0.2) is 0 Å². The van der Waals surface area contributed by atoms with E-state index in [4.69, 9.17) is 4.74 Å². The molecule has 1 atom stereocenters. The lowest BCUT2D eigenvalue weighted by Gasteiger charge is -2.38. The van der Waals surface area contributed by atoms with E-state index in [1.165, 1.54) is 16.5 Å². The maximum Gasteiger partial charge on any atom is 0.410 e. The summed E-state index contributed by atoms with van der Waals surface area (Å²) in [5.74, 6) is 0. The van der Waals surface area contributed by atoms with Crippen LogP contribution >= 0.6 is 12.4 Å². The van der Waals surface area contributed by atoms with Crippen molar-refractivity contribution in [2.24, 2.45) is 0 Å². The summed E-state index contributed by atoms with van der Waals surface area (Å²) in [5, 5.41) is 4.68. The lowest BCUT2D eigenvalue weighted by atomic mass is 9.82. The van der Waals surface area contributed by atoms with E-state index >= 15 is 0 Å². The first-order valence-electron chi connectivity index (χ1n) is 9.49. The average molecular weight is 378 g/mol. The number of nitrogens with one attached hydrogen (secondary N) is 2. The van der Waals surface area contributed by atoms with Crippen LogP contribution in [0.5, 0.6) is 0 Å². The molecule has 2 fully saturated rings. The Morgan fingerprint density at radius 3 is 2.81 bits per heavy atom. The summed E-state index contributed by atoms with van der Waals surface area (Å²) in [6.07, 6.45) is 6.70. The van der Waals surface area contributed by atoms with Gasteiger partial charge in [-0.15, -0.1) is 12.4 Å². The molecular weight excluding hydrogens is 350 g/mol. The molecule has 26 heavy (non-hydrogen) atoms. The topological polar surface area (TPSA) is 57.4 Å². The van der Waals surface area contributed by atoms with Gasteiger partial charge in [0, 0.05) is 36.5 Å². The average Bonchev–Trinajstić information content (AvgIpc) is 3.14. The van der Waals surface area contributed by atoms with Crippen LogP contribution < -0.4 is 5.32 Å². The van der Waals surface area contributed by atoms with Gasteiger partial charge in [-0.3, -0.25) is 0 Å². The van der Waals surface area contributed by atoms with Crippen LogP contribution in [0.4, 0.5) is 4.79 Å². The van der Waals surface area contributed by atoms with Gasteiger partial charge in [-0.25, -0.2) is 4.79 Å². The van der Waals surface area contributed by atoms with E-state index in [1.807, 2.05) is 4.90 Å². The van der Waals surface area contributed by atoms with E-state index in [0.29, 0.717) is 0 Å². The van der Waals surface area contributed by atoms with Gasteiger partial charge in [-0.2, -0.15) is 0 Å². The summed E-state index contributed by atoms with van der Waals surface area (Å²) >= 11 is 0. The number of ether oxygens (including phenoxy) is 1. The van der Waals surface area contributed by atoms with Crippen LogP contribution in [-0.4, -0.2) is 47.3 Å². The number of hydrogen-bond acceptors (Lipinski definition) is 3. The molecule has 0 radical (unpaired) electrons. The van der Waals surface area contributed by atoms with E-state index in [2.05, 4.69) is 47.7 Å². The molecule has 3 heterocycles. The largest absolute Gasteiger partial charge is 0.440 e. The molecule has 2 saturated heterocycles. The fourth-order valence-corrected chi connectivity index (χ4v) is 4.53. The van der Waals surface area contributed by atoms with Crippen molar-refractivity contribution in [3.8, 4) is 0 Å². The second kappa shape index (κ2) is 7.89. The van der Waals surface area contributed by atoms with Crippen molar-refractivity contribution in [3.63, 3.8) is 0 Å². The van der Waals surface area contributed by atoms with Gasteiger partial charge in [0.2, 0.25) is 0 Å². The highest BCUT2D eigenvalue weighted by molar-refractivity contribution is 5.85. The Balaban J connectivity index is 0.00000196. The Hall–Kier alpha value is -1.72. The molecule has 1 amide bonds. The lowest BCUT2D eigenvalue weighted by Crippen LogP contribution is -2.51. The minimum absolute atomic E-state index is 0. The van der Waals surface area contributed by atoms with Crippen molar-refractivity contribution in [2.75, 3.05) is 19.6 Å². The highest BCUT2D eigenvalue weighted by atomic mass is 35.5. The van der Waals surface area contributed by atoms with E-state index in [1.54, 1.807) is 0 Å². The van der Waals surface area contributed by atoms with Crippen LogP contribution in [0.3, 0.4) is 0 Å². The fraction of sp³-hybridized carbons (Fsp3) is 0.550. The molecule has 0 saturated carbocycles. The summed E-state index contributed by atoms with van der Waals surface area (Å²) in [6, 6.07) is 8.59. The molecular formula is C20H28ClN3O2. The van der Waals surface area contributed by atoms with Gasteiger partial charge in [0.05, 0.1) is 6.04 Å². The monoisotopic (exact) mass is 377 g/mol. The number of halogens is 1. The SMILES string of the molecule is CCCN1C(=O)OC2(CCNCC2)C1CCc1c[nH]c2ccccc12.Cl. The second-order valence-electron chi connectivity index (χ2n) is 7.29. The molecule has 1 unspecified atom stereocenters. The number of carbonyl (C=O) groups is 1. The lowest BCUT2D eigenvalue weighted by molar-refractivity contribution is 0.00541. The van der Waals surface area contributed by atoms with Crippen molar-refractivity contribution < 1.29 is 9.53 Å². The molecule has 2 aromatic rings. The molecule has 4 rings (SSSR count). The van der Waals surface area contributed by atoms with E-state index in [9.17, 15) is 4.79 Å². The molecule has 0 aliphatic carbocycles. The molecule has 1 spiro atoms. The summed E-state index contributed by atoms with van der Waals surface area (Å²) < 4.78 is 5.96. The normalized spacial score (nSPS) is 21.8. The van der Waals surface area contributed by atoms with Crippen molar-refractivity contribution in [1.29, 1.82) is 0 Å². The number of piperidine rings is 1. The summed E-state index contributed by atoms with van der Waals surface area (Å²) in [6.45, 7) is 4.76. The number of para-hydroxylation sites is 1. The Morgan fingerprint density at radius 2 is 2.04 bits per heavy atom. The zero-order valence-electron chi connectivity index (χ0n) is 15.3. The zero-order chi connectivity index (χ0) is 17.3. The molecule has 142 valence electrons. The molecule has 1 aromatic heterocycles. The molecule has 2 N–H and O–H groups in total. The predicted octanol–water partition coefficient (Wildman–Crippen LogP) is 3.88. The van der Waals surface area contributed by atoms with Crippen LogP contribution in [0.2, 0.25) is 0 Å². The maximum atomic E-state index is 12.5. The Bertz CT molecular complexity index is 754. The number of aromatic nitrogens is 1. The number of nitrogens with zero attached hydrogens (tertiary/aromatic N) is 1. The van der Waals surface area contributed by atoms with Crippen molar-refractivity contribution in [2.45, 2.75) is 50.7 Å². The van der Waals surface area contributed by atoms with Crippen LogP contribution in [-0.2, 0) is 11.2 Å². The molecule has 2 aliphatic rings. The number of carbonyl (C=O) groups excluding carboxylic acids is 1. The van der Waals surface area contributed by atoms with E-state index in [-0.39, 0.29) is 30.1 Å². The quantitative estimate of drug-likeness (QED) is 0.831. The summed E-state index contributed by atoms with van der Waals surface area (Å²) in [4.78, 5) is 17.8. The zero-order valence-corrected chi connectivity index (χ0v) is 16.1. The smallest absolute Gasteiger partial charge is 0.410 e. The number of aryl methyl sites for hydroxylation is 1. The first-order valence-corrected chi connectivity index (χ1v) is 9.49. The maximum absolute atomic E-state index is 12.5. The van der Waals surface area contributed by atoms with Gasteiger partial charge in [-0.1, -0.05) is 25.1 Å². The third-order valence-electron chi connectivity index (χ3n) is 5.79. The first kappa shape index (κ1) is 19.1. The standard InChI is InChI=1S/C20H27N3O2.ClH/c1-2-13-23-18(20(25-19(23)24)9-11-21-12-10-20)8-7-15-14-22-17-6-4-3-5-16(15)17;/h3-6,14,18,21-22H,2,7-13H2,1H3;1H. The fourth-order valence-electron chi connectivity index (χ4n) is 4.53. The first-order chi connectivity index (χ1) is 12.2. The Labute approximate surface area is 160 Å². The third kappa shape index (κ3) is 3.30. The van der Waals surface area contributed by atoms with Gasteiger partial charge < -0.3 is 19.9 Å². The van der Waals surface area contributed by atoms with Crippen molar-refractivity contribution >= 4 is 29.4 Å². The van der Waals surface area contributed by atoms with Crippen LogP contribution in [0, 0.1) is 0 Å². The van der Waals surface area contributed by atoms with Gasteiger partial charge in [0.25, 0.3) is 0 Å². The number of fused-ring (bicyclic) bond motifs is 1. The van der Waals surface area contributed by atoms with Crippen molar-refractivity contribution in [3.05, 3.63) is 36.0 Å². The minimum Gasteiger partial charge on any atom is -0.440 e. The van der Waals surface area contributed by atoms with E-state index in [0.717, 1.165) is 51.7 Å². The number of hydrogen-bond donors (Lipinski definition) is 2. The van der Waals surface area contributed by atoms with Crippen LogP contribution in [0.25, 0.3) is 10.9 Å². The van der Waals surface area contributed by atoms with Gasteiger partial charge >= 0.3 is 6.09 Å². The number of amides is 1. The molecule has 5 nitrogen and oxygen atoms in total. The minimum atomic E-state index is -0.302. The molecule has 2 aliphatic heterocycles. The van der Waals surface area contributed by atoms with Crippen molar-refractivity contribution in [1.82, 2.24) is 15.2 Å². The number of H-pyrrole nitrogens is 1. The number of rotatable bonds is 5. The Kier molecular flexibility index (Phi) is 5.78. The molecule has 1 aromatic carbocycles. The van der Waals surface area contributed by atoms with Gasteiger partial charge in [0.1, 0.15) is 5.60 Å². The second-order valence-corrected chi connectivity index (χ2v) is 7.29.